The minimum atomic E-state index is 0.188. The van der Waals surface area contributed by atoms with Crippen LogP contribution in [0.4, 0.5) is 0 Å². The van der Waals surface area contributed by atoms with Gasteiger partial charge in [0.15, 0.2) is 0 Å². The van der Waals surface area contributed by atoms with E-state index < -0.39 is 0 Å². The molecule has 0 unspecified atom stereocenters. The highest BCUT2D eigenvalue weighted by Crippen LogP contribution is 2.38. The molecule has 0 aliphatic heterocycles. The third kappa shape index (κ3) is 4.29. The summed E-state index contributed by atoms with van der Waals surface area (Å²) in [5, 5.41) is 5.03. The maximum absolute atomic E-state index is 4.64. The van der Waals surface area contributed by atoms with E-state index in [4.69, 9.17) is 0 Å². The summed E-state index contributed by atoms with van der Waals surface area (Å²) in [6.07, 6.45) is 7.34. The molecule has 114 valence electrons. The fourth-order valence-corrected chi connectivity index (χ4v) is 4.10. The third-order valence-corrected chi connectivity index (χ3v) is 5.52. The molecule has 2 rings (SSSR count). The van der Waals surface area contributed by atoms with Crippen molar-refractivity contribution in [2.45, 2.75) is 90.1 Å². The first-order valence-corrected chi connectivity index (χ1v) is 8.71. The van der Waals surface area contributed by atoms with Gasteiger partial charge in [-0.3, -0.25) is 0 Å². The molecule has 0 radical (unpaired) electrons. The largest absolute Gasteiger partial charge is 0.309 e. The summed E-state index contributed by atoms with van der Waals surface area (Å²) >= 11 is 1.93. The van der Waals surface area contributed by atoms with Crippen LogP contribution >= 0.6 is 11.3 Å². The van der Waals surface area contributed by atoms with Crippen molar-refractivity contribution in [3.63, 3.8) is 0 Å². The van der Waals surface area contributed by atoms with Crippen LogP contribution in [0.25, 0.3) is 0 Å². The van der Waals surface area contributed by atoms with Gasteiger partial charge in [-0.2, -0.15) is 0 Å². The highest BCUT2D eigenvalue weighted by atomic mass is 32.1. The zero-order chi connectivity index (χ0) is 15.0. The average molecular weight is 295 g/mol. The minimum absolute atomic E-state index is 0.188. The number of hydrogen-bond donors (Lipinski definition) is 1. The molecule has 1 aromatic heterocycles. The molecule has 1 heterocycles. The van der Waals surface area contributed by atoms with Crippen molar-refractivity contribution in [2.24, 2.45) is 0 Å². The van der Waals surface area contributed by atoms with E-state index in [1.165, 1.54) is 35.6 Å². The van der Waals surface area contributed by atoms with Crippen molar-refractivity contribution in [1.82, 2.24) is 10.3 Å². The van der Waals surface area contributed by atoms with Gasteiger partial charge in [0.2, 0.25) is 0 Å². The average Bonchev–Trinajstić information content (AvgIpc) is 2.76. The molecular formula is C17H30N2S. The molecule has 0 bridgehead atoms. The normalized spacial score (nSPS) is 24.9. The Morgan fingerprint density at radius 2 is 1.65 bits per heavy atom. The summed E-state index contributed by atoms with van der Waals surface area (Å²) in [6, 6.07) is 0.696. The van der Waals surface area contributed by atoms with Crippen LogP contribution in [0, 0.1) is 0 Å². The van der Waals surface area contributed by atoms with Gasteiger partial charge in [0.05, 0.1) is 5.01 Å². The van der Waals surface area contributed by atoms with Crippen LogP contribution in [0.15, 0.2) is 6.20 Å². The van der Waals surface area contributed by atoms with Gasteiger partial charge in [0, 0.05) is 28.1 Å². The standard InChI is InChI=1S/C17H30N2S/c1-16(2,3)15-18-11-14(20-15)12-7-9-13(10-8-12)19-17(4,5)6/h11-13,19H,7-10H2,1-6H3. The highest BCUT2D eigenvalue weighted by molar-refractivity contribution is 7.11. The van der Waals surface area contributed by atoms with Crippen LogP contribution in [-0.2, 0) is 5.41 Å². The first-order valence-electron chi connectivity index (χ1n) is 7.89. The van der Waals surface area contributed by atoms with Gasteiger partial charge in [-0.1, -0.05) is 20.8 Å². The molecule has 1 aliphatic rings. The molecule has 3 heteroatoms. The van der Waals surface area contributed by atoms with E-state index >= 15 is 0 Å². The molecule has 0 amide bonds. The van der Waals surface area contributed by atoms with Gasteiger partial charge in [0.25, 0.3) is 0 Å². The van der Waals surface area contributed by atoms with Gasteiger partial charge in [-0.15, -0.1) is 11.3 Å². The SMILES string of the molecule is CC(C)(C)NC1CCC(c2cnc(C(C)(C)C)s2)CC1. The van der Waals surface area contributed by atoms with E-state index in [9.17, 15) is 0 Å². The number of hydrogen-bond acceptors (Lipinski definition) is 3. The van der Waals surface area contributed by atoms with E-state index in [0.717, 1.165) is 5.92 Å². The quantitative estimate of drug-likeness (QED) is 0.843. The Morgan fingerprint density at radius 1 is 1.05 bits per heavy atom. The van der Waals surface area contributed by atoms with Crippen molar-refractivity contribution < 1.29 is 0 Å². The van der Waals surface area contributed by atoms with E-state index in [1.54, 1.807) is 0 Å². The monoisotopic (exact) mass is 294 g/mol. The first kappa shape index (κ1) is 16.0. The Hall–Kier alpha value is -0.410. The van der Waals surface area contributed by atoms with E-state index in [0.29, 0.717) is 6.04 Å². The van der Waals surface area contributed by atoms with E-state index in [-0.39, 0.29) is 11.0 Å². The van der Waals surface area contributed by atoms with Gasteiger partial charge in [-0.25, -0.2) is 4.98 Å². The number of aromatic nitrogens is 1. The molecule has 20 heavy (non-hydrogen) atoms. The van der Waals surface area contributed by atoms with Crippen molar-refractivity contribution in [3.8, 4) is 0 Å². The topological polar surface area (TPSA) is 24.9 Å². The number of nitrogens with one attached hydrogen (secondary N) is 1. The second kappa shape index (κ2) is 5.76. The molecule has 1 saturated carbocycles. The third-order valence-electron chi connectivity index (χ3n) is 3.93. The summed E-state index contributed by atoms with van der Waals surface area (Å²) in [4.78, 5) is 6.15. The van der Waals surface area contributed by atoms with Crippen molar-refractivity contribution in [3.05, 3.63) is 16.1 Å². The fraction of sp³-hybridized carbons (Fsp3) is 0.824. The molecule has 1 aromatic rings. The van der Waals surface area contributed by atoms with Crippen LogP contribution in [0.3, 0.4) is 0 Å². The molecule has 1 aliphatic carbocycles. The first-order chi connectivity index (χ1) is 9.15. The lowest BCUT2D eigenvalue weighted by atomic mass is 9.84. The number of thiazole rings is 1. The van der Waals surface area contributed by atoms with Gasteiger partial charge >= 0.3 is 0 Å². The van der Waals surface area contributed by atoms with Crippen LogP contribution in [0.1, 0.15) is 83.0 Å². The van der Waals surface area contributed by atoms with Gasteiger partial charge in [-0.05, 0) is 52.4 Å². The summed E-state index contributed by atoms with van der Waals surface area (Å²) in [5.74, 6) is 0.738. The summed E-state index contributed by atoms with van der Waals surface area (Å²) in [7, 11) is 0. The van der Waals surface area contributed by atoms with Gasteiger partial charge < -0.3 is 5.32 Å². The number of rotatable bonds is 2. The highest BCUT2D eigenvalue weighted by Gasteiger charge is 2.27. The van der Waals surface area contributed by atoms with Crippen molar-refractivity contribution in [1.29, 1.82) is 0 Å². The van der Waals surface area contributed by atoms with Crippen molar-refractivity contribution in [2.75, 3.05) is 0 Å². The smallest absolute Gasteiger partial charge is 0.0981 e. The van der Waals surface area contributed by atoms with Gasteiger partial charge in [0.1, 0.15) is 0 Å². The maximum atomic E-state index is 4.64. The second-order valence-corrected chi connectivity index (χ2v) is 9.32. The van der Waals surface area contributed by atoms with Crippen LogP contribution in [-0.4, -0.2) is 16.6 Å². The lowest BCUT2D eigenvalue weighted by Gasteiger charge is -2.34. The second-order valence-electron chi connectivity index (χ2n) is 8.26. The Balaban J connectivity index is 1.92. The summed E-state index contributed by atoms with van der Waals surface area (Å²) in [6.45, 7) is 13.5. The molecule has 1 fully saturated rings. The lowest BCUT2D eigenvalue weighted by Crippen LogP contribution is -2.44. The minimum Gasteiger partial charge on any atom is -0.309 e. The maximum Gasteiger partial charge on any atom is 0.0981 e. The Kier molecular flexibility index (Phi) is 4.60. The summed E-state index contributed by atoms with van der Waals surface area (Å²) < 4.78 is 0. The van der Waals surface area contributed by atoms with Crippen LogP contribution in [0.5, 0.6) is 0 Å². The van der Waals surface area contributed by atoms with Crippen molar-refractivity contribution >= 4 is 11.3 Å². The van der Waals surface area contributed by atoms with E-state index in [1.807, 2.05) is 11.3 Å². The zero-order valence-corrected chi connectivity index (χ0v) is 14.7. The predicted octanol–water partition coefficient (Wildman–Crippen LogP) is 4.85. The zero-order valence-electron chi connectivity index (χ0n) is 13.9. The number of nitrogens with zero attached hydrogens (tertiary/aromatic N) is 1. The fourth-order valence-electron chi connectivity index (χ4n) is 2.96. The van der Waals surface area contributed by atoms with Crippen LogP contribution in [0.2, 0.25) is 0 Å². The Morgan fingerprint density at radius 3 is 2.10 bits per heavy atom. The summed E-state index contributed by atoms with van der Waals surface area (Å²) in [5.41, 5.74) is 0.426. The molecule has 0 atom stereocenters. The molecule has 1 N–H and O–H groups in total. The van der Waals surface area contributed by atoms with Crippen LogP contribution < -0.4 is 5.32 Å². The Bertz CT molecular complexity index is 429. The molecule has 0 aromatic carbocycles. The molecule has 2 nitrogen and oxygen atoms in total. The molecule has 0 spiro atoms. The molecular weight excluding hydrogens is 264 g/mol. The molecule has 0 saturated heterocycles. The lowest BCUT2D eigenvalue weighted by molar-refractivity contribution is 0.281. The van der Waals surface area contributed by atoms with E-state index in [2.05, 4.69) is 58.0 Å². The Labute approximate surface area is 128 Å². The predicted molar refractivity (Wildman–Crippen MR) is 88.7 cm³/mol.